The third-order valence-corrected chi connectivity index (χ3v) is 3.54. The molecule has 0 saturated carbocycles. The van der Waals surface area contributed by atoms with Gasteiger partial charge in [0.05, 0.1) is 13.3 Å². The number of pyridine rings is 1. The maximum Gasteiger partial charge on any atom is 0.291 e. The van der Waals surface area contributed by atoms with Gasteiger partial charge in [-0.2, -0.15) is 5.10 Å². The van der Waals surface area contributed by atoms with E-state index < -0.39 is 5.91 Å². The molecule has 8 nitrogen and oxygen atoms in total. The highest BCUT2D eigenvalue weighted by atomic mass is 16.5. The fourth-order valence-electron chi connectivity index (χ4n) is 2.24. The Hall–Kier alpha value is -3.68. The molecule has 26 heavy (non-hydrogen) atoms. The lowest BCUT2D eigenvalue weighted by atomic mass is 10.2. The second-order valence-electron chi connectivity index (χ2n) is 5.43. The fourth-order valence-corrected chi connectivity index (χ4v) is 2.24. The zero-order valence-electron chi connectivity index (χ0n) is 14.2. The maximum atomic E-state index is 12.1. The Morgan fingerprint density at radius 1 is 1.35 bits per heavy atom. The number of carbonyl (C=O) groups excluding carboxylic acids is 1. The predicted octanol–water partition coefficient (Wildman–Crippen LogP) is 2.05. The van der Waals surface area contributed by atoms with E-state index in [2.05, 4.69) is 20.5 Å². The SMILES string of the molecule is COc1cc(/C=N\NC(=O)c2cn(-c3cccc(C)n3)cn2)ccc1O. The Labute approximate surface area is 149 Å². The van der Waals surface area contributed by atoms with E-state index in [1.54, 1.807) is 22.9 Å². The van der Waals surface area contributed by atoms with Crippen LogP contribution in [0.4, 0.5) is 0 Å². The molecule has 3 aromatic rings. The van der Waals surface area contributed by atoms with E-state index in [1.807, 2.05) is 25.1 Å². The number of carbonyl (C=O) groups is 1. The lowest BCUT2D eigenvalue weighted by molar-refractivity contribution is 0.0950. The lowest BCUT2D eigenvalue weighted by Crippen LogP contribution is -2.18. The number of aromatic nitrogens is 3. The van der Waals surface area contributed by atoms with Gasteiger partial charge in [0, 0.05) is 11.9 Å². The Morgan fingerprint density at radius 2 is 2.19 bits per heavy atom. The number of nitrogens with one attached hydrogen (secondary N) is 1. The molecular weight excluding hydrogens is 334 g/mol. The summed E-state index contributed by atoms with van der Waals surface area (Å²) in [6.45, 7) is 1.89. The van der Waals surface area contributed by atoms with Crippen LogP contribution in [0.25, 0.3) is 5.82 Å². The number of aryl methyl sites for hydroxylation is 1. The fraction of sp³-hybridized carbons (Fsp3) is 0.111. The molecule has 0 aliphatic heterocycles. The van der Waals surface area contributed by atoms with Crippen LogP contribution in [0.3, 0.4) is 0 Å². The Balaban J connectivity index is 1.67. The molecule has 1 amide bonds. The third kappa shape index (κ3) is 3.86. The summed E-state index contributed by atoms with van der Waals surface area (Å²) >= 11 is 0. The van der Waals surface area contributed by atoms with E-state index in [9.17, 15) is 9.90 Å². The van der Waals surface area contributed by atoms with Gasteiger partial charge >= 0.3 is 0 Å². The van der Waals surface area contributed by atoms with Gasteiger partial charge in [0.1, 0.15) is 17.8 Å². The monoisotopic (exact) mass is 351 g/mol. The van der Waals surface area contributed by atoms with Crippen LogP contribution in [0.2, 0.25) is 0 Å². The number of phenols is 1. The van der Waals surface area contributed by atoms with Crippen molar-refractivity contribution in [2.45, 2.75) is 6.92 Å². The van der Waals surface area contributed by atoms with Crippen molar-refractivity contribution >= 4 is 12.1 Å². The van der Waals surface area contributed by atoms with Gasteiger partial charge in [-0.1, -0.05) is 6.07 Å². The summed E-state index contributed by atoms with van der Waals surface area (Å²) in [6, 6.07) is 10.3. The number of hydrogen-bond acceptors (Lipinski definition) is 6. The van der Waals surface area contributed by atoms with E-state index in [1.165, 1.54) is 25.7 Å². The lowest BCUT2D eigenvalue weighted by Gasteiger charge is -2.03. The van der Waals surface area contributed by atoms with Crippen LogP contribution in [-0.4, -0.2) is 38.9 Å². The molecule has 2 N–H and O–H groups in total. The van der Waals surface area contributed by atoms with Gasteiger partial charge in [0.25, 0.3) is 5.91 Å². The van der Waals surface area contributed by atoms with Crippen molar-refractivity contribution in [2.75, 3.05) is 7.11 Å². The van der Waals surface area contributed by atoms with Crippen molar-refractivity contribution in [3.05, 3.63) is 65.9 Å². The van der Waals surface area contributed by atoms with Crippen molar-refractivity contribution in [1.82, 2.24) is 20.0 Å². The molecule has 1 aromatic carbocycles. The Bertz CT molecular complexity index is 965. The highest BCUT2D eigenvalue weighted by Crippen LogP contribution is 2.25. The topological polar surface area (TPSA) is 102 Å². The molecule has 0 bridgehead atoms. The molecule has 2 heterocycles. The first-order chi connectivity index (χ1) is 12.6. The second kappa shape index (κ2) is 7.47. The second-order valence-corrected chi connectivity index (χ2v) is 5.43. The Kier molecular flexibility index (Phi) is 4.93. The van der Waals surface area contributed by atoms with Crippen molar-refractivity contribution in [1.29, 1.82) is 0 Å². The molecule has 3 rings (SSSR count). The summed E-state index contributed by atoms with van der Waals surface area (Å²) < 4.78 is 6.68. The first-order valence-corrected chi connectivity index (χ1v) is 7.75. The standard InChI is InChI=1S/C18H17N5O3/c1-12-4-3-5-17(21-12)23-10-14(19-11-23)18(25)22-20-9-13-6-7-15(24)16(8-13)26-2/h3-11,24H,1-2H3,(H,22,25)/b20-9-. The largest absolute Gasteiger partial charge is 0.504 e. The first-order valence-electron chi connectivity index (χ1n) is 7.75. The van der Waals surface area contributed by atoms with E-state index in [4.69, 9.17) is 4.74 Å². The number of nitrogens with zero attached hydrogens (tertiary/aromatic N) is 4. The normalized spacial score (nSPS) is 10.8. The van der Waals surface area contributed by atoms with E-state index in [-0.39, 0.29) is 11.4 Å². The van der Waals surface area contributed by atoms with Gasteiger partial charge < -0.3 is 9.84 Å². The molecule has 0 saturated heterocycles. The summed E-state index contributed by atoms with van der Waals surface area (Å²) in [5.74, 6) is 0.586. The summed E-state index contributed by atoms with van der Waals surface area (Å²) in [7, 11) is 1.46. The average Bonchev–Trinajstić information content (AvgIpc) is 3.13. The van der Waals surface area contributed by atoms with E-state index in [0.29, 0.717) is 17.1 Å². The van der Waals surface area contributed by atoms with Crippen LogP contribution < -0.4 is 10.2 Å². The predicted molar refractivity (Wildman–Crippen MR) is 95.8 cm³/mol. The number of imidazole rings is 1. The van der Waals surface area contributed by atoms with E-state index in [0.717, 1.165) is 5.69 Å². The molecule has 0 aliphatic rings. The molecule has 0 aliphatic carbocycles. The minimum absolute atomic E-state index is 0.0315. The van der Waals surface area contributed by atoms with Gasteiger partial charge in [-0.25, -0.2) is 15.4 Å². The summed E-state index contributed by atoms with van der Waals surface area (Å²) in [6.07, 6.45) is 4.54. The Morgan fingerprint density at radius 3 is 2.96 bits per heavy atom. The molecule has 0 spiro atoms. The molecule has 8 heteroatoms. The van der Waals surface area contributed by atoms with Crippen molar-refractivity contribution < 1.29 is 14.6 Å². The summed E-state index contributed by atoms with van der Waals surface area (Å²) in [5, 5.41) is 13.4. The highest BCUT2D eigenvalue weighted by Gasteiger charge is 2.09. The number of methoxy groups -OCH3 is 1. The smallest absolute Gasteiger partial charge is 0.291 e. The number of phenolic OH excluding ortho intramolecular Hbond substituents is 1. The van der Waals surface area contributed by atoms with Gasteiger partial charge in [-0.3, -0.25) is 9.36 Å². The first kappa shape index (κ1) is 17.2. The molecule has 2 aromatic heterocycles. The van der Waals surface area contributed by atoms with E-state index >= 15 is 0 Å². The molecular formula is C18H17N5O3. The van der Waals surface area contributed by atoms with Crippen molar-refractivity contribution in [2.24, 2.45) is 5.10 Å². The van der Waals surface area contributed by atoms with Crippen LogP contribution in [0.1, 0.15) is 21.7 Å². The van der Waals surface area contributed by atoms with Crippen LogP contribution in [0, 0.1) is 6.92 Å². The molecule has 0 radical (unpaired) electrons. The summed E-state index contributed by atoms with van der Waals surface area (Å²) in [5.41, 5.74) is 4.16. The third-order valence-electron chi connectivity index (χ3n) is 3.54. The molecule has 132 valence electrons. The zero-order valence-corrected chi connectivity index (χ0v) is 14.2. The van der Waals surface area contributed by atoms with Crippen LogP contribution in [0.15, 0.2) is 54.0 Å². The average molecular weight is 351 g/mol. The van der Waals surface area contributed by atoms with Gasteiger partial charge in [-0.05, 0) is 42.8 Å². The highest BCUT2D eigenvalue weighted by molar-refractivity contribution is 5.93. The minimum Gasteiger partial charge on any atom is -0.504 e. The van der Waals surface area contributed by atoms with Crippen molar-refractivity contribution in [3.63, 3.8) is 0 Å². The zero-order chi connectivity index (χ0) is 18.5. The quantitative estimate of drug-likeness (QED) is 0.541. The van der Waals surface area contributed by atoms with Crippen molar-refractivity contribution in [3.8, 4) is 17.3 Å². The maximum absolute atomic E-state index is 12.1. The van der Waals surface area contributed by atoms with Gasteiger partial charge in [0.15, 0.2) is 11.5 Å². The molecule has 0 atom stereocenters. The van der Waals surface area contributed by atoms with Gasteiger partial charge in [0.2, 0.25) is 0 Å². The number of hydrazone groups is 1. The number of benzene rings is 1. The van der Waals surface area contributed by atoms with Crippen LogP contribution in [0.5, 0.6) is 11.5 Å². The summed E-state index contributed by atoms with van der Waals surface area (Å²) in [4.78, 5) is 20.6. The number of amides is 1. The molecule has 0 unspecified atom stereocenters. The van der Waals surface area contributed by atoms with Crippen LogP contribution >= 0.6 is 0 Å². The minimum atomic E-state index is -0.446. The number of rotatable bonds is 5. The number of aromatic hydroxyl groups is 1. The van der Waals surface area contributed by atoms with Gasteiger partial charge in [-0.15, -0.1) is 0 Å². The number of hydrogen-bond donors (Lipinski definition) is 2. The molecule has 0 fully saturated rings. The van der Waals surface area contributed by atoms with Crippen LogP contribution in [-0.2, 0) is 0 Å². The number of ether oxygens (including phenoxy) is 1.